The average Bonchev–Trinajstić information content (AvgIpc) is 2.74. The van der Waals surface area contributed by atoms with Gasteiger partial charge in [-0.3, -0.25) is 0 Å². The minimum absolute atomic E-state index is 0.202. The first-order valence-corrected chi connectivity index (χ1v) is 6.14. The highest BCUT2D eigenvalue weighted by molar-refractivity contribution is 9.10. The molecule has 1 aliphatic heterocycles. The second kappa shape index (κ2) is 5.08. The SMILES string of the molecule is FC(Cc1ccc(Br)cc1)C1CCNC1. The summed E-state index contributed by atoms with van der Waals surface area (Å²) in [7, 11) is 0. The maximum absolute atomic E-state index is 13.8. The zero-order valence-electron chi connectivity index (χ0n) is 8.55. The third-order valence-corrected chi connectivity index (χ3v) is 3.48. The van der Waals surface area contributed by atoms with Crippen molar-refractivity contribution in [3.8, 4) is 0 Å². The van der Waals surface area contributed by atoms with Gasteiger partial charge in [0.25, 0.3) is 0 Å². The minimum Gasteiger partial charge on any atom is -0.316 e. The van der Waals surface area contributed by atoms with Gasteiger partial charge in [-0.15, -0.1) is 0 Å². The summed E-state index contributed by atoms with van der Waals surface area (Å²) in [4.78, 5) is 0. The first-order chi connectivity index (χ1) is 7.25. The van der Waals surface area contributed by atoms with Crippen LogP contribution in [0.25, 0.3) is 0 Å². The van der Waals surface area contributed by atoms with E-state index in [-0.39, 0.29) is 5.92 Å². The summed E-state index contributed by atoms with van der Waals surface area (Å²) < 4.78 is 14.9. The van der Waals surface area contributed by atoms with Gasteiger partial charge in [0.05, 0.1) is 0 Å². The lowest BCUT2D eigenvalue weighted by atomic mass is 9.97. The lowest BCUT2D eigenvalue weighted by Crippen LogP contribution is -2.21. The van der Waals surface area contributed by atoms with Gasteiger partial charge in [-0.2, -0.15) is 0 Å². The molecule has 1 heterocycles. The van der Waals surface area contributed by atoms with Crippen LogP contribution in [0.1, 0.15) is 12.0 Å². The Bertz CT molecular complexity index is 306. The summed E-state index contributed by atoms with van der Waals surface area (Å²) in [5.74, 6) is 0.202. The second-order valence-corrected chi connectivity index (χ2v) is 5.02. The fraction of sp³-hybridized carbons (Fsp3) is 0.500. The van der Waals surface area contributed by atoms with Gasteiger partial charge in [-0.1, -0.05) is 28.1 Å². The Labute approximate surface area is 98.2 Å². The maximum Gasteiger partial charge on any atom is 0.108 e. The van der Waals surface area contributed by atoms with E-state index in [1.165, 1.54) is 0 Å². The van der Waals surface area contributed by atoms with Crippen LogP contribution in [0.2, 0.25) is 0 Å². The maximum atomic E-state index is 13.8. The van der Waals surface area contributed by atoms with E-state index in [1.807, 2.05) is 24.3 Å². The summed E-state index contributed by atoms with van der Waals surface area (Å²) in [5.41, 5.74) is 1.08. The Balaban J connectivity index is 1.92. The molecule has 1 saturated heterocycles. The fourth-order valence-corrected chi connectivity index (χ4v) is 2.26. The highest BCUT2D eigenvalue weighted by Gasteiger charge is 2.24. The number of nitrogens with one attached hydrogen (secondary N) is 1. The first-order valence-electron chi connectivity index (χ1n) is 5.35. The molecule has 1 aromatic carbocycles. The third-order valence-electron chi connectivity index (χ3n) is 2.95. The molecular formula is C12H15BrFN. The molecule has 3 heteroatoms. The van der Waals surface area contributed by atoms with Crippen LogP contribution < -0.4 is 5.32 Å². The Hall–Kier alpha value is -0.410. The van der Waals surface area contributed by atoms with E-state index in [4.69, 9.17) is 0 Å². The van der Waals surface area contributed by atoms with Crippen molar-refractivity contribution in [1.29, 1.82) is 0 Å². The average molecular weight is 272 g/mol. The highest BCUT2D eigenvalue weighted by Crippen LogP contribution is 2.20. The molecule has 2 atom stereocenters. The van der Waals surface area contributed by atoms with Crippen LogP contribution in [-0.2, 0) is 6.42 Å². The van der Waals surface area contributed by atoms with Gasteiger partial charge in [0.1, 0.15) is 6.17 Å². The van der Waals surface area contributed by atoms with Crippen molar-refractivity contribution < 1.29 is 4.39 Å². The Morgan fingerprint density at radius 2 is 2.13 bits per heavy atom. The number of alkyl halides is 1. The van der Waals surface area contributed by atoms with Crippen molar-refractivity contribution in [2.24, 2.45) is 5.92 Å². The molecule has 15 heavy (non-hydrogen) atoms. The van der Waals surface area contributed by atoms with Crippen molar-refractivity contribution in [2.75, 3.05) is 13.1 Å². The Morgan fingerprint density at radius 3 is 2.73 bits per heavy atom. The zero-order chi connectivity index (χ0) is 10.7. The smallest absolute Gasteiger partial charge is 0.108 e. The van der Waals surface area contributed by atoms with Crippen LogP contribution in [0, 0.1) is 5.92 Å². The van der Waals surface area contributed by atoms with E-state index in [9.17, 15) is 4.39 Å². The molecule has 2 rings (SSSR count). The van der Waals surface area contributed by atoms with Crippen molar-refractivity contribution >= 4 is 15.9 Å². The van der Waals surface area contributed by atoms with Crippen LogP contribution in [0.4, 0.5) is 4.39 Å². The predicted molar refractivity (Wildman–Crippen MR) is 63.7 cm³/mol. The molecule has 0 spiro atoms. The highest BCUT2D eigenvalue weighted by atomic mass is 79.9. The summed E-state index contributed by atoms with van der Waals surface area (Å²) in [6.45, 7) is 1.79. The van der Waals surface area contributed by atoms with E-state index in [1.54, 1.807) is 0 Å². The molecule has 1 N–H and O–H groups in total. The molecular weight excluding hydrogens is 257 g/mol. The molecule has 0 saturated carbocycles. The standard InChI is InChI=1S/C12H15BrFN/c13-11-3-1-9(2-4-11)7-12(14)10-5-6-15-8-10/h1-4,10,12,15H,5-8H2. The van der Waals surface area contributed by atoms with E-state index in [0.29, 0.717) is 6.42 Å². The van der Waals surface area contributed by atoms with Crippen molar-refractivity contribution in [1.82, 2.24) is 5.32 Å². The lowest BCUT2D eigenvalue weighted by Gasteiger charge is -2.14. The molecule has 1 nitrogen and oxygen atoms in total. The fourth-order valence-electron chi connectivity index (χ4n) is 2.00. The summed E-state index contributed by atoms with van der Waals surface area (Å²) in [5, 5.41) is 3.20. The third kappa shape index (κ3) is 3.02. The van der Waals surface area contributed by atoms with Gasteiger partial charge in [0.15, 0.2) is 0 Å². The number of hydrogen-bond donors (Lipinski definition) is 1. The number of hydrogen-bond acceptors (Lipinski definition) is 1. The quantitative estimate of drug-likeness (QED) is 0.892. The second-order valence-electron chi connectivity index (χ2n) is 4.10. The Morgan fingerprint density at radius 1 is 1.40 bits per heavy atom. The van der Waals surface area contributed by atoms with E-state index in [0.717, 1.165) is 29.5 Å². The summed E-state index contributed by atoms with van der Waals surface area (Å²) in [6.07, 6.45) is 0.804. The van der Waals surface area contributed by atoms with E-state index >= 15 is 0 Å². The van der Waals surface area contributed by atoms with E-state index in [2.05, 4.69) is 21.2 Å². The van der Waals surface area contributed by atoms with Crippen molar-refractivity contribution in [3.05, 3.63) is 34.3 Å². The first kappa shape index (κ1) is 11.1. The monoisotopic (exact) mass is 271 g/mol. The molecule has 0 amide bonds. The molecule has 1 aromatic rings. The zero-order valence-corrected chi connectivity index (χ0v) is 10.1. The topological polar surface area (TPSA) is 12.0 Å². The number of halogens is 2. The molecule has 0 radical (unpaired) electrons. The van der Waals surface area contributed by atoms with Crippen LogP contribution in [-0.4, -0.2) is 19.3 Å². The summed E-state index contributed by atoms with van der Waals surface area (Å²) >= 11 is 3.37. The number of rotatable bonds is 3. The molecule has 0 bridgehead atoms. The Kier molecular flexibility index (Phi) is 3.76. The van der Waals surface area contributed by atoms with Crippen LogP contribution >= 0.6 is 15.9 Å². The number of benzene rings is 1. The minimum atomic E-state index is -0.707. The largest absolute Gasteiger partial charge is 0.316 e. The molecule has 1 fully saturated rings. The predicted octanol–water partition coefficient (Wildman–Crippen LogP) is 2.94. The van der Waals surface area contributed by atoms with Crippen LogP contribution in [0.15, 0.2) is 28.7 Å². The van der Waals surface area contributed by atoms with Gasteiger partial charge >= 0.3 is 0 Å². The normalized spacial score (nSPS) is 22.9. The molecule has 0 aliphatic carbocycles. The van der Waals surface area contributed by atoms with Crippen LogP contribution in [0.5, 0.6) is 0 Å². The van der Waals surface area contributed by atoms with Gasteiger partial charge in [-0.25, -0.2) is 4.39 Å². The molecule has 0 aromatic heterocycles. The molecule has 2 unspecified atom stereocenters. The van der Waals surface area contributed by atoms with Gasteiger partial charge in [0, 0.05) is 23.4 Å². The molecule has 82 valence electrons. The van der Waals surface area contributed by atoms with E-state index < -0.39 is 6.17 Å². The van der Waals surface area contributed by atoms with Crippen LogP contribution in [0.3, 0.4) is 0 Å². The summed E-state index contributed by atoms with van der Waals surface area (Å²) in [6, 6.07) is 7.90. The van der Waals surface area contributed by atoms with Gasteiger partial charge < -0.3 is 5.32 Å². The molecule has 1 aliphatic rings. The van der Waals surface area contributed by atoms with Gasteiger partial charge in [-0.05, 0) is 30.7 Å². The van der Waals surface area contributed by atoms with Crippen molar-refractivity contribution in [3.63, 3.8) is 0 Å². The van der Waals surface area contributed by atoms with Gasteiger partial charge in [0.2, 0.25) is 0 Å². The van der Waals surface area contributed by atoms with Crippen molar-refractivity contribution in [2.45, 2.75) is 19.0 Å². The lowest BCUT2D eigenvalue weighted by molar-refractivity contribution is 0.240.